The number of hydrogen-bond donors (Lipinski definition) is 1. The quantitative estimate of drug-likeness (QED) is 0.601. The molecule has 0 aliphatic heterocycles. The molecule has 20 heavy (non-hydrogen) atoms. The number of nitrogens with one attached hydrogen (secondary N) is 1. The van der Waals surface area contributed by atoms with E-state index in [1.54, 1.807) is 7.11 Å². The van der Waals surface area contributed by atoms with Crippen LogP contribution in [-0.2, 0) is 11.2 Å². The summed E-state index contributed by atoms with van der Waals surface area (Å²) in [5, 5.41) is 3.60. The van der Waals surface area contributed by atoms with E-state index >= 15 is 0 Å². The molecule has 0 fully saturated rings. The van der Waals surface area contributed by atoms with Gasteiger partial charge in [-0.05, 0) is 56.7 Å². The van der Waals surface area contributed by atoms with Crippen LogP contribution in [0.5, 0.6) is 0 Å². The van der Waals surface area contributed by atoms with Gasteiger partial charge >= 0.3 is 0 Å². The van der Waals surface area contributed by atoms with Crippen LogP contribution in [0.2, 0.25) is 0 Å². The Morgan fingerprint density at radius 1 is 1.05 bits per heavy atom. The zero-order valence-electron chi connectivity index (χ0n) is 13.5. The molecule has 1 aromatic rings. The minimum Gasteiger partial charge on any atom is -0.385 e. The van der Waals surface area contributed by atoms with Crippen molar-refractivity contribution < 1.29 is 4.74 Å². The van der Waals surface area contributed by atoms with Crippen molar-refractivity contribution >= 4 is 0 Å². The van der Waals surface area contributed by atoms with Crippen molar-refractivity contribution in [2.75, 3.05) is 20.3 Å². The van der Waals surface area contributed by atoms with E-state index in [1.165, 1.54) is 49.7 Å². The Hall–Kier alpha value is -0.860. The molecule has 1 rings (SSSR count). The van der Waals surface area contributed by atoms with Crippen LogP contribution in [0.1, 0.15) is 63.1 Å². The summed E-state index contributed by atoms with van der Waals surface area (Å²) in [6.07, 6.45) is 7.39. The highest BCUT2D eigenvalue weighted by atomic mass is 16.5. The lowest BCUT2D eigenvalue weighted by atomic mass is 10.0. The predicted octanol–water partition coefficient (Wildman–Crippen LogP) is 4.50. The summed E-state index contributed by atoms with van der Waals surface area (Å²) in [6.45, 7) is 6.46. The Kier molecular flexibility index (Phi) is 9.35. The van der Waals surface area contributed by atoms with Crippen LogP contribution in [0.3, 0.4) is 0 Å². The van der Waals surface area contributed by atoms with Crippen LogP contribution in [0.25, 0.3) is 0 Å². The molecule has 0 aliphatic carbocycles. The molecule has 2 heteroatoms. The van der Waals surface area contributed by atoms with Gasteiger partial charge in [-0.2, -0.15) is 0 Å². The lowest BCUT2D eigenvalue weighted by Crippen LogP contribution is -2.19. The Labute approximate surface area is 124 Å². The third-order valence-corrected chi connectivity index (χ3v) is 3.77. The minimum atomic E-state index is 0.442. The van der Waals surface area contributed by atoms with E-state index in [0.717, 1.165) is 13.2 Å². The van der Waals surface area contributed by atoms with Gasteiger partial charge in [0.05, 0.1) is 0 Å². The fourth-order valence-corrected chi connectivity index (χ4v) is 2.34. The second-order valence-electron chi connectivity index (χ2n) is 5.57. The first-order chi connectivity index (χ1) is 9.77. The Morgan fingerprint density at radius 2 is 1.80 bits per heavy atom. The van der Waals surface area contributed by atoms with Crippen molar-refractivity contribution in [3.8, 4) is 0 Å². The number of benzene rings is 1. The maximum absolute atomic E-state index is 5.06. The van der Waals surface area contributed by atoms with Gasteiger partial charge < -0.3 is 10.1 Å². The average molecular weight is 277 g/mol. The van der Waals surface area contributed by atoms with Crippen LogP contribution in [-0.4, -0.2) is 20.3 Å². The van der Waals surface area contributed by atoms with Gasteiger partial charge in [0.15, 0.2) is 0 Å². The van der Waals surface area contributed by atoms with Crippen molar-refractivity contribution in [3.63, 3.8) is 0 Å². The molecule has 1 unspecified atom stereocenters. The Bertz CT molecular complexity index is 334. The van der Waals surface area contributed by atoms with Crippen LogP contribution < -0.4 is 5.32 Å². The lowest BCUT2D eigenvalue weighted by molar-refractivity contribution is 0.192. The molecule has 0 spiro atoms. The van der Waals surface area contributed by atoms with Gasteiger partial charge in [-0.3, -0.25) is 0 Å². The van der Waals surface area contributed by atoms with Crippen molar-refractivity contribution in [2.45, 2.75) is 58.4 Å². The second kappa shape index (κ2) is 10.9. The number of hydrogen-bond acceptors (Lipinski definition) is 2. The van der Waals surface area contributed by atoms with E-state index < -0.39 is 0 Å². The molecule has 0 radical (unpaired) electrons. The number of rotatable bonds is 11. The van der Waals surface area contributed by atoms with Gasteiger partial charge in [0.2, 0.25) is 0 Å². The third kappa shape index (κ3) is 7.06. The molecule has 0 aromatic heterocycles. The SMILES string of the molecule is CCCCc1ccc(C(C)NCCCCCOC)cc1. The maximum Gasteiger partial charge on any atom is 0.0462 e. The molecule has 2 nitrogen and oxygen atoms in total. The molecular formula is C18H31NO. The molecule has 1 aromatic carbocycles. The van der Waals surface area contributed by atoms with E-state index in [4.69, 9.17) is 4.74 Å². The summed E-state index contributed by atoms with van der Waals surface area (Å²) >= 11 is 0. The highest BCUT2D eigenvalue weighted by Gasteiger charge is 2.04. The summed E-state index contributed by atoms with van der Waals surface area (Å²) in [4.78, 5) is 0. The van der Waals surface area contributed by atoms with E-state index in [0.29, 0.717) is 6.04 Å². The summed E-state index contributed by atoms with van der Waals surface area (Å²) in [7, 11) is 1.77. The topological polar surface area (TPSA) is 21.3 Å². The summed E-state index contributed by atoms with van der Waals surface area (Å²) in [6, 6.07) is 9.54. The minimum absolute atomic E-state index is 0.442. The normalized spacial score (nSPS) is 12.6. The van der Waals surface area contributed by atoms with Crippen molar-refractivity contribution in [1.82, 2.24) is 5.32 Å². The number of methoxy groups -OCH3 is 1. The Morgan fingerprint density at radius 3 is 2.45 bits per heavy atom. The Balaban J connectivity index is 2.23. The van der Waals surface area contributed by atoms with Gasteiger partial charge in [-0.1, -0.05) is 37.6 Å². The van der Waals surface area contributed by atoms with Crippen LogP contribution >= 0.6 is 0 Å². The van der Waals surface area contributed by atoms with E-state index in [-0.39, 0.29) is 0 Å². The van der Waals surface area contributed by atoms with Gasteiger partial charge in [0.1, 0.15) is 0 Å². The zero-order chi connectivity index (χ0) is 14.6. The molecule has 0 amide bonds. The van der Waals surface area contributed by atoms with Crippen LogP contribution in [0.4, 0.5) is 0 Å². The van der Waals surface area contributed by atoms with Crippen molar-refractivity contribution in [1.29, 1.82) is 0 Å². The first-order valence-electron chi connectivity index (χ1n) is 8.09. The fraction of sp³-hybridized carbons (Fsp3) is 0.667. The van der Waals surface area contributed by atoms with Gasteiger partial charge in [0, 0.05) is 19.8 Å². The fourth-order valence-electron chi connectivity index (χ4n) is 2.34. The number of ether oxygens (including phenoxy) is 1. The molecule has 0 aliphatic rings. The van der Waals surface area contributed by atoms with Crippen molar-refractivity contribution in [3.05, 3.63) is 35.4 Å². The van der Waals surface area contributed by atoms with Gasteiger partial charge in [-0.25, -0.2) is 0 Å². The van der Waals surface area contributed by atoms with Crippen LogP contribution in [0.15, 0.2) is 24.3 Å². The third-order valence-electron chi connectivity index (χ3n) is 3.77. The summed E-state index contributed by atoms with van der Waals surface area (Å²) < 4.78 is 5.06. The van der Waals surface area contributed by atoms with Crippen LogP contribution in [0, 0.1) is 0 Å². The molecule has 1 atom stereocenters. The number of unbranched alkanes of at least 4 members (excludes halogenated alkanes) is 3. The lowest BCUT2D eigenvalue weighted by Gasteiger charge is -2.14. The molecule has 114 valence electrons. The first-order valence-corrected chi connectivity index (χ1v) is 8.09. The number of aryl methyl sites for hydroxylation is 1. The van der Waals surface area contributed by atoms with Gasteiger partial charge in [0.25, 0.3) is 0 Å². The van der Waals surface area contributed by atoms with Gasteiger partial charge in [-0.15, -0.1) is 0 Å². The van der Waals surface area contributed by atoms with Crippen molar-refractivity contribution in [2.24, 2.45) is 0 Å². The molecule has 0 saturated heterocycles. The second-order valence-corrected chi connectivity index (χ2v) is 5.57. The highest BCUT2D eigenvalue weighted by molar-refractivity contribution is 5.24. The molecule has 0 heterocycles. The van der Waals surface area contributed by atoms with E-state index in [1.807, 2.05) is 0 Å². The molecular weight excluding hydrogens is 246 g/mol. The standard InChI is InChI=1S/C18H31NO/c1-4-5-9-17-10-12-18(13-11-17)16(2)19-14-7-6-8-15-20-3/h10-13,16,19H,4-9,14-15H2,1-3H3. The zero-order valence-corrected chi connectivity index (χ0v) is 13.5. The summed E-state index contributed by atoms with van der Waals surface area (Å²) in [5.74, 6) is 0. The highest BCUT2D eigenvalue weighted by Crippen LogP contribution is 2.14. The molecule has 0 bridgehead atoms. The summed E-state index contributed by atoms with van der Waals surface area (Å²) in [5.41, 5.74) is 2.85. The largest absolute Gasteiger partial charge is 0.385 e. The smallest absolute Gasteiger partial charge is 0.0462 e. The predicted molar refractivity (Wildman–Crippen MR) is 87.2 cm³/mol. The van der Waals surface area contributed by atoms with E-state index in [2.05, 4.69) is 43.4 Å². The first kappa shape index (κ1) is 17.2. The monoisotopic (exact) mass is 277 g/mol. The molecule has 1 N–H and O–H groups in total. The van der Waals surface area contributed by atoms with E-state index in [9.17, 15) is 0 Å². The maximum atomic E-state index is 5.06. The average Bonchev–Trinajstić information content (AvgIpc) is 2.49. The molecule has 0 saturated carbocycles.